The van der Waals surface area contributed by atoms with Gasteiger partial charge in [-0.05, 0) is 30.7 Å². The molecule has 0 bridgehead atoms. The zero-order valence-electron chi connectivity index (χ0n) is 18.9. The molecule has 34 heavy (non-hydrogen) atoms. The molecule has 3 aromatic rings. The number of hydrogen-bond donors (Lipinski definition) is 4. The molecule has 2 aromatic heterocycles. The number of nitrogen functional groups attached to an aromatic ring is 1. The van der Waals surface area contributed by atoms with Crippen LogP contribution in [0.2, 0.25) is 0 Å². The number of unbranched alkanes of at least 4 members (excludes halogenated alkanes) is 1. The molecule has 2 heterocycles. The Kier molecular flexibility index (Phi) is 8.27. The van der Waals surface area contributed by atoms with Gasteiger partial charge in [-0.2, -0.15) is 0 Å². The summed E-state index contributed by atoms with van der Waals surface area (Å²) in [6.07, 6.45) is 2.81. The van der Waals surface area contributed by atoms with Gasteiger partial charge in [0.2, 0.25) is 5.91 Å². The molecule has 3 rings (SSSR count). The number of H-pyrrole nitrogens is 1. The molecule has 0 saturated heterocycles. The number of nitrogens with zero attached hydrogens (tertiary/aromatic N) is 2. The van der Waals surface area contributed by atoms with Gasteiger partial charge in [0.05, 0.1) is 12.8 Å². The lowest BCUT2D eigenvalue weighted by atomic mass is 10.2. The summed E-state index contributed by atoms with van der Waals surface area (Å²) >= 11 is 0. The fraction of sp³-hybridized carbons (Fsp3) is 0.304. The van der Waals surface area contributed by atoms with Gasteiger partial charge < -0.3 is 20.8 Å². The van der Waals surface area contributed by atoms with Crippen LogP contribution in [0.4, 0.5) is 22.0 Å². The van der Waals surface area contributed by atoms with Crippen LogP contribution in [0.25, 0.3) is 0 Å². The number of nitrogens with two attached hydrogens (primary N) is 1. The SMILES string of the molecule is CCCCn1c(N)c(N(Cc2ccco2)C(=O)CCNC(=O)Nc2ccccc2)c(=O)[nH]c1=O. The number of para-hydroxylation sites is 1. The van der Waals surface area contributed by atoms with Crippen molar-refractivity contribution in [2.45, 2.75) is 39.3 Å². The summed E-state index contributed by atoms with van der Waals surface area (Å²) in [5.41, 5.74) is 5.26. The Morgan fingerprint density at radius 3 is 2.59 bits per heavy atom. The zero-order valence-corrected chi connectivity index (χ0v) is 18.9. The average molecular weight is 469 g/mol. The van der Waals surface area contributed by atoms with Crippen molar-refractivity contribution in [3.8, 4) is 0 Å². The number of anilines is 3. The molecule has 0 fully saturated rings. The van der Waals surface area contributed by atoms with Crippen molar-refractivity contribution < 1.29 is 14.0 Å². The first kappa shape index (κ1) is 24.4. The van der Waals surface area contributed by atoms with E-state index in [0.717, 1.165) is 6.42 Å². The molecule has 11 heteroatoms. The molecule has 0 saturated carbocycles. The molecule has 0 unspecified atom stereocenters. The molecule has 1 aromatic carbocycles. The van der Waals surface area contributed by atoms with Crippen LogP contribution in [-0.4, -0.2) is 28.0 Å². The van der Waals surface area contributed by atoms with E-state index in [4.69, 9.17) is 10.2 Å². The Labute approximate surface area is 195 Å². The molecule has 3 amide bonds. The van der Waals surface area contributed by atoms with E-state index in [2.05, 4.69) is 15.6 Å². The molecule has 180 valence electrons. The van der Waals surface area contributed by atoms with E-state index in [9.17, 15) is 19.2 Å². The minimum absolute atomic E-state index is 0.0133. The van der Waals surface area contributed by atoms with Crippen LogP contribution >= 0.6 is 0 Å². The van der Waals surface area contributed by atoms with E-state index in [-0.39, 0.29) is 31.0 Å². The van der Waals surface area contributed by atoms with Crippen molar-refractivity contribution in [2.75, 3.05) is 22.5 Å². The van der Waals surface area contributed by atoms with Crippen molar-refractivity contribution in [1.29, 1.82) is 0 Å². The highest BCUT2D eigenvalue weighted by atomic mass is 16.3. The third-order valence-electron chi connectivity index (χ3n) is 5.07. The summed E-state index contributed by atoms with van der Waals surface area (Å²) in [6.45, 7) is 2.21. The fourth-order valence-corrected chi connectivity index (χ4v) is 3.34. The first-order chi connectivity index (χ1) is 16.4. The highest BCUT2D eigenvalue weighted by Crippen LogP contribution is 2.21. The van der Waals surface area contributed by atoms with Crippen LogP contribution in [0.1, 0.15) is 31.9 Å². The van der Waals surface area contributed by atoms with Crippen molar-refractivity contribution in [3.63, 3.8) is 0 Å². The average Bonchev–Trinajstić information content (AvgIpc) is 3.32. The Hall–Kier alpha value is -4.28. The minimum Gasteiger partial charge on any atom is -0.467 e. The molecule has 0 aliphatic carbocycles. The lowest BCUT2D eigenvalue weighted by Crippen LogP contribution is -2.42. The van der Waals surface area contributed by atoms with Gasteiger partial charge >= 0.3 is 11.7 Å². The second kappa shape index (κ2) is 11.5. The zero-order chi connectivity index (χ0) is 24.5. The van der Waals surface area contributed by atoms with Gasteiger partial charge in [-0.25, -0.2) is 9.59 Å². The van der Waals surface area contributed by atoms with Gasteiger partial charge in [0.25, 0.3) is 5.56 Å². The largest absolute Gasteiger partial charge is 0.467 e. The number of aromatic nitrogens is 2. The molecule has 0 atom stereocenters. The molecule has 5 N–H and O–H groups in total. The lowest BCUT2D eigenvalue weighted by molar-refractivity contribution is -0.118. The Balaban J connectivity index is 1.78. The molecule has 0 aliphatic rings. The van der Waals surface area contributed by atoms with Gasteiger partial charge in [0.1, 0.15) is 11.6 Å². The number of amides is 3. The molecule has 0 radical (unpaired) electrons. The summed E-state index contributed by atoms with van der Waals surface area (Å²) in [4.78, 5) is 53.6. The number of furan rings is 1. The van der Waals surface area contributed by atoms with Gasteiger partial charge in [-0.15, -0.1) is 0 Å². The van der Waals surface area contributed by atoms with Gasteiger partial charge in [-0.1, -0.05) is 31.5 Å². The predicted molar refractivity (Wildman–Crippen MR) is 129 cm³/mol. The standard InChI is InChI=1S/C23H28N6O5/c1-2-3-13-28-20(24)19(21(31)27-23(28)33)29(15-17-10-7-14-34-17)18(30)11-12-25-22(32)26-16-8-5-4-6-9-16/h4-10,14H,2-3,11-13,15,24H2,1H3,(H2,25,26,32)(H,27,31,33). The van der Waals surface area contributed by atoms with E-state index >= 15 is 0 Å². The maximum atomic E-state index is 13.1. The Morgan fingerprint density at radius 2 is 1.91 bits per heavy atom. The Bertz CT molecular complexity index is 1220. The van der Waals surface area contributed by atoms with E-state index in [1.807, 2.05) is 13.0 Å². The first-order valence-corrected chi connectivity index (χ1v) is 11.0. The minimum atomic E-state index is -0.773. The number of urea groups is 1. The van der Waals surface area contributed by atoms with Crippen LogP contribution in [0.5, 0.6) is 0 Å². The third-order valence-corrected chi connectivity index (χ3v) is 5.07. The number of benzene rings is 1. The fourth-order valence-electron chi connectivity index (χ4n) is 3.34. The summed E-state index contributed by atoms with van der Waals surface area (Å²) in [5, 5.41) is 5.27. The van der Waals surface area contributed by atoms with E-state index in [1.54, 1.807) is 36.4 Å². The predicted octanol–water partition coefficient (Wildman–Crippen LogP) is 2.26. The summed E-state index contributed by atoms with van der Waals surface area (Å²) in [5.74, 6) is -0.153. The van der Waals surface area contributed by atoms with Crippen LogP contribution in [0.15, 0.2) is 62.7 Å². The van der Waals surface area contributed by atoms with Crippen LogP contribution in [-0.2, 0) is 17.9 Å². The maximum absolute atomic E-state index is 13.1. The molecule has 0 spiro atoms. The quantitative estimate of drug-likeness (QED) is 0.358. The number of rotatable bonds is 10. The van der Waals surface area contributed by atoms with Crippen molar-refractivity contribution in [2.24, 2.45) is 0 Å². The monoisotopic (exact) mass is 468 g/mol. The number of carbonyl (C=O) groups is 2. The van der Waals surface area contributed by atoms with Crippen LogP contribution < -0.4 is 32.5 Å². The first-order valence-electron chi connectivity index (χ1n) is 11.0. The van der Waals surface area contributed by atoms with E-state index in [1.165, 1.54) is 15.7 Å². The second-order valence-electron chi connectivity index (χ2n) is 7.55. The smallest absolute Gasteiger partial charge is 0.330 e. The van der Waals surface area contributed by atoms with Gasteiger partial charge in [0, 0.05) is 25.2 Å². The topological polar surface area (TPSA) is 155 Å². The number of nitrogens with one attached hydrogen (secondary N) is 3. The molecular formula is C23H28N6O5. The molecule has 11 nitrogen and oxygen atoms in total. The summed E-state index contributed by atoms with van der Waals surface area (Å²) < 4.78 is 6.59. The molecular weight excluding hydrogens is 440 g/mol. The number of hydrogen-bond acceptors (Lipinski definition) is 6. The van der Waals surface area contributed by atoms with E-state index in [0.29, 0.717) is 24.4 Å². The second-order valence-corrected chi connectivity index (χ2v) is 7.55. The third kappa shape index (κ3) is 6.15. The van der Waals surface area contributed by atoms with Crippen molar-refractivity contribution in [1.82, 2.24) is 14.9 Å². The maximum Gasteiger partial charge on any atom is 0.330 e. The number of carbonyl (C=O) groups excluding carboxylic acids is 2. The summed E-state index contributed by atoms with van der Waals surface area (Å²) in [6, 6.07) is 11.7. The molecule has 0 aliphatic heterocycles. The van der Waals surface area contributed by atoms with Crippen LogP contribution in [0.3, 0.4) is 0 Å². The van der Waals surface area contributed by atoms with Crippen LogP contribution in [0, 0.1) is 0 Å². The van der Waals surface area contributed by atoms with Crippen molar-refractivity contribution in [3.05, 3.63) is 75.3 Å². The Morgan fingerprint density at radius 1 is 1.15 bits per heavy atom. The van der Waals surface area contributed by atoms with Crippen molar-refractivity contribution >= 4 is 29.1 Å². The highest BCUT2D eigenvalue weighted by Gasteiger charge is 2.25. The van der Waals surface area contributed by atoms with E-state index < -0.39 is 23.2 Å². The summed E-state index contributed by atoms with van der Waals surface area (Å²) in [7, 11) is 0. The lowest BCUT2D eigenvalue weighted by Gasteiger charge is -2.24. The highest BCUT2D eigenvalue weighted by molar-refractivity contribution is 5.96. The van der Waals surface area contributed by atoms with Gasteiger partial charge in [-0.3, -0.25) is 24.0 Å². The normalized spacial score (nSPS) is 10.6. The number of aromatic amines is 1. The van der Waals surface area contributed by atoms with Gasteiger partial charge in [0.15, 0.2) is 5.69 Å².